The van der Waals surface area contributed by atoms with Crippen LogP contribution in [-0.2, 0) is 14.2 Å². The van der Waals surface area contributed by atoms with E-state index >= 15 is 0 Å². The van der Waals surface area contributed by atoms with Crippen molar-refractivity contribution in [2.75, 3.05) is 6.79 Å². The highest BCUT2D eigenvalue weighted by atomic mass is 16.8. The number of rotatable bonds is 4. The molecule has 1 atom stereocenters. The van der Waals surface area contributed by atoms with Crippen molar-refractivity contribution in [2.45, 2.75) is 52.7 Å². The lowest BCUT2D eigenvalue weighted by Crippen LogP contribution is -2.25. The average Bonchev–Trinajstić information content (AvgIpc) is 2.00. The SMILES string of the molecule is CCC(C)OCOC(=O)OC(C)(C)C. The second-order valence-electron chi connectivity index (χ2n) is 4.11. The molecule has 0 aromatic rings. The lowest BCUT2D eigenvalue weighted by Gasteiger charge is -2.19. The molecule has 1 unspecified atom stereocenters. The monoisotopic (exact) mass is 204 g/mol. The molecule has 0 saturated carbocycles. The van der Waals surface area contributed by atoms with E-state index in [0.717, 1.165) is 6.42 Å². The molecule has 0 fully saturated rings. The summed E-state index contributed by atoms with van der Waals surface area (Å²) in [5.74, 6) is 0. The smallest absolute Gasteiger partial charge is 0.429 e. The van der Waals surface area contributed by atoms with E-state index in [4.69, 9.17) is 14.2 Å². The molecule has 0 amide bonds. The third-order valence-electron chi connectivity index (χ3n) is 1.49. The highest BCUT2D eigenvalue weighted by Gasteiger charge is 2.17. The lowest BCUT2D eigenvalue weighted by atomic mass is 10.2. The number of ether oxygens (including phenoxy) is 3. The first-order chi connectivity index (χ1) is 6.35. The summed E-state index contributed by atoms with van der Waals surface area (Å²) >= 11 is 0. The molecule has 0 aromatic carbocycles. The largest absolute Gasteiger partial charge is 0.510 e. The first-order valence-corrected chi connectivity index (χ1v) is 4.82. The van der Waals surface area contributed by atoms with Gasteiger partial charge in [-0.15, -0.1) is 0 Å². The van der Waals surface area contributed by atoms with E-state index in [1.807, 2.05) is 13.8 Å². The van der Waals surface area contributed by atoms with E-state index in [1.54, 1.807) is 20.8 Å². The van der Waals surface area contributed by atoms with Crippen molar-refractivity contribution < 1.29 is 19.0 Å². The van der Waals surface area contributed by atoms with Crippen LogP contribution < -0.4 is 0 Å². The van der Waals surface area contributed by atoms with Gasteiger partial charge in [-0.25, -0.2) is 4.79 Å². The van der Waals surface area contributed by atoms with Crippen LogP contribution in [0.4, 0.5) is 4.79 Å². The molecule has 0 radical (unpaired) electrons. The Morgan fingerprint density at radius 2 is 1.93 bits per heavy atom. The molecular weight excluding hydrogens is 184 g/mol. The van der Waals surface area contributed by atoms with E-state index in [-0.39, 0.29) is 12.9 Å². The maximum absolute atomic E-state index is 11.0. The zero-order valence-corrected chi connectivity index (χ0v) is 9.62. The third-order valence-corrected chi connectivity index (χ3v) is 1.49. The molecule has 0 saturated heterocycles. The third kappa shape index (κ3) is 7.86. The van der Waals surface area contributed by atoms with Crippen LogP contribution in [0.15, 0.2) is 0 Å². The Morgan fingerprint density at radius 3 is 2.36 bits per heavy atom. The van der Waals surface area contributed by atoms with Crippen molar-refractivity contribution in [3.8, 4) is 0 Å². The van der Waals surface area contributed by atoms with Crippen molar-refractivity contribution in [3.05, 3.63) is 0 Å². The summed E-state index contributed by atoms with van der Waals surface area (Å²) in [6, 6.07) is 0. The van der Waals surface area contributed by atoms with Crippen LogP contribution in [0.25, 0.3) is 0 Å². The topological polar surface area (TPSA) is 44.8 Å². The minimum absolute atomic E-state index is 0.0517. The Morgan fingerprint density at radius 1 is 1.36 bits per heavy atom. The van der Waals surface area contributed by atoms with Crippen molar-refractivity contribution in [1.82, 2.24) is 0 Å². The van der Waals surface area contributed by atoms with Crippen LogP contribution in [0, 0.1) is 0 Å². The number of hydrogen-bond donors (Lipinski definition) is 0. The van der Waals surface area contributed by atoms with Gasteiger partial charge in [0.05, 0.1) is 6.10 Å². The quantitative estimate of drug-likeness (QED) is 0.521. The average molecular weight is 204 g/mol. The van der Waals surface area contributed by atoms with Crippen LogP contribution in [0.2, 0.25) is 0 Å². The van der Waals surface area contributed by atoms with Gasteiger partial charge in [-0.2, -0.15) is 0 Å². The Balaban J connectivity index is 3.55. The Kier molecular flexibility index (Phi) is 5.53. The van der Waals surface area contributed by atoms with Gasteiger partial charge in [-0.05, 0) is 34.1 Å². The van der Waals surface area contributed by atoms with Crippen molar-refractivity contribution in [1.29, 1.82) is 0 Å². The summed E-state index contributed by atoms with van der Waals surface area (Å²) in [7, 11) is 0. The minimum atomic E-state index is -0.694. The molecule has 84 valence electrons. The van der Waals surface area contributed by atoms with Crippen LogP contribution in [0.5, 0.6) is 0 Å². The number of carbonyl (C=O) groups excluding carboxylic acids is 1. The van der Waals surface area contributed by atoms with Crippen LogP contribution in [-0.4, -0.2) is 24.7 Å². The maximum atomic E-state index is 11.0. The first-order valence-electron chi connectivity index (χ1n) is 4.82. The predicted octanol–water partition coefficient (Wildman–Crippen LogP) is 2.71. The highest BCUT2D eigenvalue weighted by Crippen LogP contribution is 2.08. The lowest BCUT2D eigenvalue weighted by molar-refractivity contribution is -0.0877. The van der Waals surface area contributed by atoms with Crippen LogP contribution in [0.1, 0.15) is 41.0 Å². The molecule has 0 heterocycles. The Labute approximate surface area is 85.5 Å². The maximum Gasteiger partial charge on any atom is 0.510 e. The summed E-state index contributed by atoms with van der Waals surface area (Å²) in [4.78, 5) is 11.0. The van der Waals surface area contributed by atoms with Gasteiger partial charge in [0.1, 0.15) is 5.60 Å². The standard InChI is InChI=1S/C10H20O4/c1-6-8(2)12-7-13-9(11)14-10(3,4)5/h8H,6-7H2,1-5H3. The normalized spacial score (nSPS) is 13.5. The Hall–Kier alpha value is -0.770. The zero-order chi connectivity index (χ0) is 11.2. The molecule has 0 rings (SSSR count). The molecule has 0 aliphatic rings. The van der Waals surface area contributed by atoms with Crippen LogP contribution in [0.3, 0.4) is 0 Å². The van der Waals surface area contributed by atoms with Gasteiger partial charge in [0.15, 0.2) is 6.79 Å². The summed E-state index contributed by atoms with van der Waals surface area (Å²) < 4.78 is 14.8. The first kappa shape index (κ1) is 13.2. The zero-order valence-electron chi connectivity index (χ0n) is 9.62. The fraction of sp³-hybridized carbons (Fsp3) is 0.900. The van der Waals surface area contributed by atoms with E-state index in [2.05, 4.69) is 0 Å². The van der Waals surface area contributed by atoms with E-state index < -0.39 is 11.8 Å². The molecule has 0 aliphatic heterocycles. The molecule has 4 heteroatoms. The predicted molar refractivity (Wildman–Crippen MR) is 53.0 cm³/mol. The molecule has 4 nitrogen and oxygen atoms in total. The summed E-state index contributed by atoms with van der Waals surface area (Å²) in [6.45, 7) is 9.21. The van der Waals surface area contributed by atoms with E-state index in [0.29, 0.717) is 0 Å². The highest BCUT2D eigenvalue weighted by molar-refractivity contribution is 5.60. The molecule has 0 spiro atoms. The minimum Gasteiger partial charge on any atom is -0.429 e. The van der Waals surface area contributed by atoms with Gasteiger partial charge in [-0.1, -0.05) is 6.92 Å². The molecule has 14 heavy (non-hydrogen) atoms. The molecule has 0 N–H and O–H groups in total. The second-order valence-corrected chi connectivity index (χ2v) is 4.11. The fourth-order valence-corrected chi connectivity index (χ4v) is 0.596. The molecule has 0 bridgehead atoms. The van der Waals surface area contributed by atoms with Gasteiger partial charge in [-0.3, -0.25) is 0 Å². The number of carbonyl (C=O) groups is 1. The van der Waals surface area contributed by atoms with Crippen molar-refractivity contribution in [2.24, 2.45) is 0 Å². The number of hydrogen-bond acceptors (Lipinski definition) is 4. The van der Waals surface area contributed by atoms with Gasteiger partial charge in [0, 0.05) is 0 Å². The Bertz CT molecular complexity index is 171. The summed E-state index contributed by atoms with van der Waals surface area (Å²) in [5, 5.41) is 0. The van der Waals surface area contributed by atoms with Gasteiger partial charge in [0.2, 0.25) is 0 Å². The van der Waals surface area contributed by atoms with Gasteiger partial charge in [0.25, 0.3) is 0 Å². The fourth-order valence-electron chi connectivity index (χ4n) is 0.596. The summed E-state index contributed by atoms with van der Waals surface area (Å²) in [5.41, 5.74) is -0.520. The second kappa shape index (κ2) is 5.86. The van der Waals surface area contributed by atoms with Crippen molar-refractivity contribution in [3.63, 3.8) is 0 Å². The van der Waals surface area contributed by atoms with Crippen molar-refractivity contribution >= 4 is 6.16 Å². The van der Waals surface area contributed by atoms with E-state index in [1.165, 1.54) is 0 Å². The summed E-state index contributed by atoms with van der Waals surface area (Å²) in [6.07, 6.45) is 0.288. The molecular formula is C10H20O4. The van der Waals surface area contributed by atoms with Crippen LogP contribution >= 0.6 is 0 Å². The molecule has 0 aliphatic carbocycles. The molecule has 0 aromatic heterocycles. The van der Waals surface area contributed by atoms with Gasteiger partial charge < -0.3 is 14.2 Å². The van der Waals surface area contributed by atoms with E-state index in [9.17, 15) is 4.79 Å². The van der Waals surface area contributed by atoms with Gasteiger partial charge >= 0.3 is 6.16 Å².